The van der Waals surface area contributed by atoms with Crippen LogP contribution in [-0.2, 0) is 11.3 Å². The average molecular weight is 243 g/mol. The number of hydrogen-bond donors (Lipinski definition) is 1. The summed E-state index contributed by atoms with van der Waals surface area (Å²) in [6.45, 7) is 2.35. The first-order valence-electron chi connectivity index (χ1n) is 5.89. The van der Waals surface area contributed by atoms with Gasteiger partial charge >= 0.3 is 0 Å². The van der Waals surface area contributed by atoms with E-state index < -0.39 is 6.43 Å². The van der Waals surface area contributed by atoms with Gasteiger partial charge in [-0.2, -0.15) is 0 Å². The lowest BCUT2D eigenvalue weighted by Gasteiger charge is -2.05. The third kappa shape index (κ3) is 7.82. The van der Waals surface area contributed by atoms with Crippen LogP contribution < -0.4 is 5.32 Å². The van der Waals surface area contributed by atoms with E-state index in [4.69, 9.17) is 4.74 Å². The molecule has 0 fully saturated rings. The Morgan fingerprint density at radius 2 is 1.88 bits per heavy atom. The number of hydrogen-bond acceptors (Lipinski definition) is 2. The zero-order valence-electron chi connectivity index (χ0n) is 9.87. The Kier molecular flexibility index (Phi) is 7.51. The number of alkyl halides is 2. The fourth-order valence-corrected chi connectivity index (χ4v) is 1.40. The van der Waals surface area contributed by atoms with E-state index in [2.05, 4.69) is 5.32 Å². The quantitative estimate of drug-likeness (QED) is 0.673. The second-order valence-corrected chi connectivity index (χ2v) is 3.82. The van der Waals surface area contributed by atoms with Gasteiger partial charge in [-0.25, -0.2) is 8.78 Å². The molecule has 2 nitrogen and oxygen atoms in total. The molecule has 1 aromatic carbocycles. The summed E-state index contributed by atoms with van der Waals surface area (Å²) >= 11 is 0. The van der Waals surface area contributed by atoms with Crippen molar-refractivity contribution in [2.75, 3.05) is 19.7 Å². The summed E-state index contributed by atoms with van der Waals surface area (Å²) in [5.41, 5.74) is 1.15. The molecule has 0 amide bonds. The minimum atomic E-state index is -2.21. The molecule has 17 heavy (non-hydrogen) atoms. The van der Waals surface area contributed by atoms with Gasteiger partial charge in [0, 0.05) is 19.6 Å². The van der Waals surface area contributed by atoms with Crippen LogP contribution in [-0.4, -0.2) is 26.1 Å². The highest BCUT2D eigenvalue weighted by atomic mass is 19.3. The van der Waals surface area contributed by atoms with Gasteiger partial charge < -0.3 is 10.1 Å². The summed E-state index contributed by atoms with van der Waals surface area (Å²) < 4.78 is 29.0. The van der Waals surface area contributed by atoms with Crippen LogP contribution in [0.15, 0.2) is 30.3 Å². The minimum Gasteiger partial charge on any atom is -0.377 e. The van der Waals surface area contributed by atoms with E-state index in [1.54, 1.807) is 0 Å². The molecule has 0 bridgehead atoms. The first-order chi connectivity index (χ1) is 8.29. The molecule has 0 aliphatic carbocycles. The highest BCUT2D eigenvalue weighted by Gasteiger charge is 2.00. The van der Waals surface area contributed by atoms with Crippen LogP contribution in [0.1, 0.15) is 18.4 Å². The van der Waals surface area contributed by atoms with Gasteiger partial charge in [-0.05, 0) is 18.5 Å². The molecule has 0 aliphatic rings. The molecule has 0 saturated carbocycles. The molecule has 0 aromatic heterocycles. The molecule has 1 N–H and O–H groups in total. The number of ether oxygens (including phenoxy) is 1. The van der Waals surface area contributed by atoms with Crippen LogP contribution in [0.4, 0.5) is 8.78 Å². The molecule has 0 saturated heterocycles. The maximum Gasteiger partial charge on any atom is 0.239 e. The predicted octanol–water partition coefficient (Wildman–Crippen LogP) is 2.84. The molecule has 0 heterocycles. The van der Waals surface area contributed by atoms with Gasteiger partial charge in [0.2, 0.25) is 6.43 Å². The van der Waals surface area contributed by atoms with E-state index in [9.17, 15) is 8.78 Å². The molecule has 0 unspecified atom stereocenters. The highest BCUT2D eigenvalue weighted by Crippen LogP contribution is 2.00. The minimum absolute atomic E-state index is 0.0785. The smallest absolute Gasteiger partial charge is 0.239 e. The Morgan fingerprint density at radius 1 is 1.12 bits per heavy atom. The maximum atomic E-state index is 11.8. The van der Waals surface area contributed by atoms with Crippen molar-refractivity contribution >= 4 is 0 Å². The van der Waals surface area contributed by atoms with Crippen molar-refractivity contribution in [3.05, 3.63) is 35.9 Å². The topological polar surface area (TPSA) is 21.3 Å². The van der Waals surface area contributed by atoms with Crippen molar-refractivity contribution in [3.8, 4) is 0 Å². The molecule has 1 rings (SSSR count). The van der Waals surface area contributed by atoms with Gasteiger partial charge in [0.1, 0.15) is 0 Å². The van der Waals surface area contributed by atoms with Crippen molar-refractivity contribution in [3.63, 3.8) is 0 Å². The zero-order chi connectivity index (χ0) is 12.3. The van der Waals surface area contributed by atoms with Crippen molar-refractivity contribution in [2.24, 2.45) is 0 Å². The Balaban J connectivity index is 1.88. The predicted molar refractivity (Wildman–Crippen MR) is 64.2 cm³/mol. The van der Waals surface area contributed by atoms with E-state index >= 15 is 0 Å². The van der Waals surface area contributed by atoms with Gasteiger partial charge in [0.05, 0.1) is 6.61 Å². The van der Waals surface area contributed by atoms with Gasteiger partial charge in [0.15, 0.2) is 0 Å². The lowest BCUT2D eigenvalue weighted by molar-refractivity contribution is 0.117. The molecule has 0 atom stereocenters. The molecular formula is C13H19F2NO. The van der Waals surface area contributed by atoms with Gasteiger partial charge in [0.25, 0.3) is 0 Å². The van der Waals surface area contributed by atoms with E-state index in [0.717, 1.165) is 18.5 Å². The van der Waals surface area contributed by atoms with Gasteiger partial charge in [-0.3, -0.25) is 0 Å². The van der Waals surface area contributed by atoms with Crippen molar-refractivity contribution in [1.29, 1.82) is 0 Å². The lowest BCUT2D eigenvalue weighted by atomic mass is 10.2. The first-order valence-corrected chi connectivity index (χ1v) is 5.89. The van der Waals surface area contributed by atoms with Crippen LogP contribution in [0.2, 0.25) is 0 Å². The zero-order valence-corrected chi connectivity index (χ0v) is 9.87. The van der Waals surface area contributed by atoms with Crippen LogP contribution in [0.3, 0.4) is 0 Å². The maximum absolute atomic E-state index is 11.8. The van der Waals surface area contributed by atoms with E-state index in [1.807, 2.05) is 30.3 Å². The second kappa shape index (κ2) is 9.07. The fraction of sp³-hybridized carbons (Fsp3) is 0.538. The normalized spacial score (nSPS) is 11.0. The molecular weight excluding hydrogens is 224 g/mol. The summed E-state index contributed by atoms with van der Waals surface area (Å²) in [6.07, 6.45) is -1.45. The molecule has 4 heteroatoms. The number of halogens is 2. The second-order valence-electron chi connectivity index (χ2n) is 3.82. The molecule has 1 aromatic rings. The van der Waals surface area contributed by atoms with E-state index in [-0.39, 0.29) is 6.42 Å². The van der Waals surface area contributed by atoms with Gasteiger partial charge in [-0.15, -0.1) is 0 Å². The summed E-state index contributed by atoms with van der Waals surface area (Å²) in [6, 6.07) is 9.95. The molecule has 0 radical (unpaired) electrons. The summed E-state index contributed by atoms with van der Waals surface area (Å²) in [5, 5.41) is 2.96. The Hall–Kier alpha value is -1.00. The molecule has 96 valence electrons. The average Bonchev–Trinajstić information content (AvgIpc) is 2.33. The molecule has 0 aliphatic heterocycles. The van der Waals surface area contributed by atoms with Crippen LogP contribution in [0.25, 0.3) is 0 Å². The van der Waals surface area contributed by atoms with Crippen LogP contribution >= 0.6 is 0 Å². The fourth-order valence-electron chi connectivity index (χ4n) is 1.40. The van der Waals surface area contributed by atoms with Crippen LogP contribution in [0.5, 0.6) is 0 Å². The Bertz CT molecular complexity index is 280. The highest BCUT2D eigenvalue weighted by molar-refractivity contribution is 5.13. The SMILES string of the molecule is FC(F)CCNCCCOCc1ccccc1. The van der Waals surface area contributed by atoms with Crippen molar-refractivity contribution in [2.45, 2.75) is 25.9 Å². The van der Waals surface area contributed by atoms with Gasteiger partial charge in [-0.1, -0.05) is 30.3 Å². The van der Waals surface area contributed by atoms with Crippen molar-refractivity contribution in [1.82, 2.24) is 5.32 Å². The summed E-state index contributed by atoms with van der Waals surface area (Å²) in [4.78, 5) is 0. The summed E-state index contributed by atoms with van der Waals surface area (Å²) in [5.74, 6) is 0. The first kappa shape index (κ1) is 14.1. The summed E-state index contributed by atoms with van der Waals surface area (Å²) in [7, 11) is 0. The Labute approximate surface area is 101 Å². The monoisotopic (exact) mass is 243 g/mol. The van der Waals surface area contributed by atoms with Crippen LogP contribution in [0, 0.1) is 0 Å². The number of benzene rings is 1. The lowest BCUT2D eigenvalue weighted by Crippen LogP contribution is -2.19. The number of nitrogens with one attached hydrogen (secondary N) is 1. The largest absolute Gasteiger partial charge is 0.377 e. The van der Waals surface area contributed by atoms with Crippen molar-refractivity contribution < 1.29 is 13.5 Å². The Morgan fingerprint density at radius 3 is 2.59 bits per heavy atom. The van der Waals surface area contributed by atoms with E-state index in [1.165, 1.54) is 0 Å². The van der Waals surface area contributed by atoms with E-state index in [0.29, 0.717) is 19.8 Å². The third-order valence-electron chi connectivity index (χ3n) is 2.29. The standard InChI is InChI=1S/C13H19F2NO/c14-13(15)7-9-16-8-4-10-17-11-12-5-2-1-3-6-12/h1-3,5-6,13,16H,4,7-11H2. The third-order valence-corrected chi connectivity index (χ3v) is 2.29. The number of rotatable bonds is 9. The molecule has 0 spiro atoms.